The first-order valence-electron chi connectivity index (χ1n) is 9.64. The van der Waals surface area contributed by atoms with Crippen molar-refractivity contribution in [3.8, 4) is 5.75 Å². The summed E-state index contributed by atoms with van der Waals surface area (Å²) < 4.78 is 13.8. The SMILES string of the molecule is CCCNC(=O)c1nn(CC)cc1NC(=O)c1ccc(COc2ccc(Br)cc2)o1. The van der Waals surface area contributed by atoms with Crippen molar-refractivity contribution in [2.75, 3.05) is 11.9 Å². The summed E-state index contributed by atoms with van der Waals surface area (Å²) in [6.07, 6.45) is 2.43. The van der Waals surface area contributed by atoms with Crippen LogP contribution in [0.1, 0.15) is 47.1 Å². The Kier molecular flexibility index (Phi) is 7.29. The molecule has 158 valence electrons. The third kappa shape index (κ3) is 5.50. The molecule has 0 spiro atoms. The number of carbonyl (C=O) groups is 2. The van der Waals surface area contributed by atoms with E-state index in [4.69, 9.17) is 9.15 Å². The summed E-state index contributed by atoms with van der Waals surface area (Å²) in [5.74, 6) is 0.518. The molecule has 3 aromatic rings. The third-order valence-corrected chi connectivity index (χ3v) is 4.69. The molecule has 2 N–H and O–H groups in total. The Hall–Kier alpha value is -3.07. The molecule has 0 aliphatic carbocycles. The average molecular weight is 475 g/mol. The Bertz CT molecular complexity index is 1010. The van der Waals surface area contributed by atoms with Crippen molar-refractivity contribution < 1.29 is 18.7 Å². The number of rotatable bonds is 9. The molecule has 0 aliphatic heterocycles. The van der Waals surface area contributed by atoms with Gasteiger partial charge in [0.15, 0.2) is 11.5 Å². The lowest BCUT2D eigenvalue weighted by atomic mass is 10.3. The van der Waals surface area contributed by atoms with Crippen LogP contribution in [-0.2, 0) is 13.2 Å². The van der Waals surface area contributed by atoms with Gasteiger partial charge in [-0.3, -0.25) is 14.3 Å². The second-order valence-electron chi connectivity index (χ2n) is 6.47. The maximum absolute atomic E-state index is 12.6. The van der Waals surface area contributed by atoms with Crippen LogP contribution >= 0.6 is 15.9 Å². The smallest absolute Gasteiger partial charge is 0.291 e. The minimum absolute atomic E-state index is 0.119. The number of aromatic nitrogens is 2. The fraction of sp³-hybridized carbons (Fsp3) is 0.286. The van der Waals surface area contributed by atoms with E-state index < -0.39 is 5.91 Å². The fourth-order valence-electron chi connectivity index (χ4n) is 2.61. The maximum Gasteiger partial charge on any atom is 0.291 e. The lowest BCUT2D eigenvalue weighted by Gasteiger charge is -2.05. The lowest BCUT2D eigenvalue weighted by molar-refractivity contribution is 0.0948. The van der Waals surface area contributed by atoms with Gasteiger partial charge in [-0.15, -0.1) is 0 Å². The first kappa shape index (κ1) is 21.6. The van der Waals surface area contributed by atoms with Crippen LogP contribution in [0, 0.1) is 0 Å². The number of hydrogen-bond acceptors (Lipinski definition) is 5. The molecule has 0 atom stereocenters. The van der Waals surface area contributed by atoms with Crippen LogP contribution < -0.4 is 15.4 Å². The van der Waals surface area contributed by atoms with E-state index in [1.807, 2.05) is 38.1 Å². The molecule has 0 unspecified atom stereocenters. The molecule has 0 saturated carbocycles. The number of nitrogens with zero attached hydrogens (tertiary/aromatic N) is 2. The summed E-state index contributed by atoms with van der Waals surface area (Å²) >= 11 is 3.37. The van der Waals surface area contributed by atoms with Crippen LogP contribution in [0.15, 0.2) is 51.5 Å². The van der Waals surface area contributed by atoms with Crippen LogP contribution in [0.4, 0.5) is 5.69 Å². The largest absolute Gasteiger partial charge is 0.486 e. The number of anilines is 1. The van der Waals surface area contributed by atoms with E-state index >= 15 is 0 Å². The number of hydrogen-bond donors (Lipinski definition) is 2. The van der Waals surface area contributed by atoms with Gasteiger partial charge in [0.05, 0.1) is 5.69 Å². The molecule has 8 nitrogen and oxygen atoms in total. The lowest BCUT2D eigenvalue weighted by Crippen LogP contribution is -2.26. The number of furan rings is 1. The normalized spacial score (nSPS) is 10.6. The number of halogens is 1. The van der Waals surface area contributed by atoms with Crippen LogP contribution in [0.25, 0.3) is 0 Å². The van der Waals surface area contributed by atoms with Crippen molar-refractivity contribution >= 4 is 33.4 Å². The number of benzene rings is 1. The molecule has 0 saturated heterocycles. The zero-order chi connectivity index (χ0) is 21.5. The monoisotopic (exact) mass is 474 g/mol. The molecule has 3 rings (SSSR count). The fourth-order valence-corrected chi connectivity index (χ4v) is 2.88. The van der Waals surface area contributed by atoms with Crippen LogP contribution in [0.3, 0.4) is 0 Å². The van der Waals surface area contributed by atoms with E-state index in [9.17, 15) is 9.59 Å². The molecule has 0 radical (unpaired) electrons. The molecule has 9 heteroatoms. The van der Waals surface area contributed by atoms with Gasteiger partial charge in [-0.1, -0.05) is 22.9 Å². The average Bonchev–Trinajstić information content (AvgIpc) is 3.38. The zero-order valence-corrected chi connectivity index (χ0v) is 18.4. The van der Waals surface area contributed by atoms with Gasteiger partial charge in [0.2, 0.25) is 0 Å². The molecule has 30 heavy (non-hydrogen) atoms. The Morgan fingerprint density at radius 2 is 1.90 bits per heavy atom. The molecule has 1 aromatic carbocycles. The summed E-state index contributed by atoms with van der Waals surface area (Å²) in [4.78, 5) is 24.9. The van der Waals surface area contributed by atoms with Crippen LogP contribution in [0.5, 0.6) is 5.75 Å². The van der Waals surface area contributed by atoms with Crippen molar-refractivity contribution in [1.82, 2.24) is 15.1 Å². The number of nitrogens with one attached hydrogen (secondary N) is 2. The van der Waals surface area contributed by atoms with Gasteiger partial charge >= 0.3 is 0 Å². The summed E-state index contributed by atoms with van der Waals surface area (Å²) in [5.41, 5.74) is 0.503. The molecule has 2 aromatic heterocycles. The predicted molar refractivity (Wildman–Crippen MR) is 116 cm³/mol. The molecule has 2 heterocycles. The molecule has 0 bridgehead atoms. The quantitative estimate of drug-likeness (QED) is 0.483. The highest BCUT2D eigenvalue weighted by molar-refractivity contribution is 9.10. The molecule has 2 amide bonds. The van der Waals surface area contributed by atoms with Crippen molar-refractivity contribution in [2.24, 2.45) is 0 Å². The Labute approximate surface area is 182 Å². The van der Waals surface area contributed by atoms with Gasteiger partial charge in [0.25, 0.3) is 11.8 Å². The number of carbonyl (C=O) groups excluding carboxylic acids is 2. The molecular formula is C21H23BrN4O4. The number of ether oxygens (including phenoxy) is 1. The van der Waals surface area contributed by atoms with E-state index in [2.05, 4.69) is 31.7 Å². The molecule has 0 aliphatic rings. The predicted octanol–water partition coefficient (Wildman–Crippen LogP) is 4.23. The first-order chi connectivity index (χ1) is 14.5. The maximum atomic E-state index is 12.6. The zero-order valence-electron chi connectivity index (χ0n) is 16.8. The highest BCUT2D eigenvalue weighted by Crippen LogP contribution is 2.19. The second kappa shape index (κ2) is 10.1. The highest BCUT2D eigenvalue weighted by atomic mass is 79.9. The number of amides is 2. The minimum Gasteiger partial charge on any atom is -0.486 e. The van der Waals surface area contributed by atoms with Gasteiger partial charge in [-0.25, -0.2) is 0 Å². The summed E-state index contributed by atoms with van der Waals surface area (Å²) in [7, 11) is 0. The van der Waals surface area contributed by atoms with Crippen LogP contribution in [-0.4, -0.2) is 28.1 Å². The van der Waals surface area contributed by atoms with Gasteiger partial charge in [0.1, 0.15) is 18.1 Å². The van der Waals surface area contributed by atoms with Crippen molar-refractivity contribution in [1.29, 1.82) is 0 Å². The summed E-state index contributed by atoms with van der Waals surface area (Å²) in [6, 6.07) is 10.7. The Balaban J connectivity index is 1.65. The van der Waals surface area contributed by atoms with E-state index in [0.29, 0.717) is 30.3 Å². The van der Waals surface area contributed by atoms with Gasteiger partial charge < -0.3 is 19.8 Å². The number of aryl methyl sites for hydroxylation is 1. The van der Waals surface area contributed by atoms with Crippen LogP contribution in [0.2, 0.25) is 0 Å². The second-order valence-corrected chi connectivity index (χ2v) is 7.38. The van der Waals surface area contributed by atoms with E-state index in [1.165, 1.54) is 0 Å². The van der Waals surface area contributed by atoms with E-state index in [0.717, 1.165) is 10.9 Å². The Morgan fingerprint density at radius 1 is 1.13 bits per heavy atom. The van der Waals surface area contributed by atoms with E-state index in [1.54, 1.807) is 23.0 Å². The topological polar surface area (TPSA) is 98.4 Å². The summed E-state index contributed by atoms with van der Waals surface area (Å²) in [5, 5.41) is 9.72. The summed E-state index contributed by atoms with van der Waals surface area (Å²) in [6.45, 7) is 5.15. The Morgan fingerprint density at radius 3 is 2.60 bits per heavy atom. The van der Waals surface area contributed by atoms with Gasteiger partial charge in [-0.2, -0.15) is 5.10 Å². The highest BCUT2D eigenvalue weighted by Gasteiger charge is 2.20. The van der Waals surface area contributed by atoms with Crippen molar-refractivity contribution in [2.45, 2.75) is 33.4 Å². The van der Waals surface area contributed by atoms with Crippen molar-refractivity contribution in [3.05, 3.63) is 64.3 Å². The standard InChI is InChI=1S/C21H23BrN4O4/c1-3-11-23-21(28)19-17(12-26(4-2)25-19)24-20(27)18-10-9-16(30-18)13-29-15-7-5-14(22)6-8-15/h5-10,12H,3-4,11,13H2,1-2H3,(H,23,28)(H,24,27). The van der Waals surface area contributed by atoms with Crippen molar-refractivity contribution in [3.63, 3.8) is 0 Å². The van der Waals surface area contributed by atoms with Gasteiger partial charge in [0, 0.05) is 23.8 Å². The van der Waals surface area contributed by atoms with Gasteiger partial charge in [-0.05, 0) is 49.7 Å². The minimum atomic E-state index is -0.468. The molecule has 0 fully saturated rings. The first-order valence-corrected chi connectivity index (χ1v) is 10.4. The molecular weight excluding hydrogens is 452 g/mol. The third-order valence-electron chi connectivity index (χ3n) is 4.16. The van der Waals surface area contributed by atoms with E-state index in [-0.39, 0.29) is 24.0 Å².